The van der Waals surface area contributed by atoms with Crippen molar-refractivity contribution in [2.75, 3.05) is 33.0 Å². The summed E-state index contributed by atoms with van der Waals surface area (Å²) in [5, 5.41) is 0. The van der Waals surface area contributed by atoms with E-state index in [0.717, 1.165) is 24.4 Å². The highest BCUT2D eigenvalue weighted by atomic mass is 16.5. The summed E-state index contributed by atoms with van der Waals surface area (Å²) in [7, 11) is 4.10. The number of allylic oxidation sites excluding steroid dienone is 1. The van der Waals surface area contributed by atoms with Crippen LogP contribution in [0.3, 0.4) is 0 Å². The molecule has 0 spiro atoms. The zero-order valence-corrected chi connectivity index (χ0v) is 17.6. The fraction of sp³-hybridized carbons (Fsp3) is 0.231. The first-order valence-corrected chi connectivity index (χ1v) is 10.1. The standard InChI is InChI=1S/C26H30N2O/c1-4-25(20-10-14-23(27)15-11-20)26(21-8-6-5-7-9-21)22-12-16-24(17-13-22)29-19-18-28(2)3/h5-17H,4,18-19,27H2,1-3H3/b26-25+. The molecule has 0 aliphatic carbocycles. The van der Waals surface area contributed by atoms with Gasteiger partial charge in [-0.1, -0.05) is 61.5 Å². The summed E-state index contributed by atoms with van der Waals surface area (Å²) in [5.41, 5.74) is 12.8. The summed E-state index contributed by atoms with van der Waals surface area (Å²) in [4.78, 5) is 2.12. The molecule has 0 bridgehead atoms. The van der Waals surface area contributed by atoms with E-state index in [-0.39, 0.29) is 0 Å². The summed E-state index contributed by atoms with van der Waals surface area (Å²) in [6, 6.07) is 27.1. The molecule has 3 rings (SSSR count). The molecular formula is C26H30N2O. The molecule has 150 valence electrons. The number of nitrogens with two attached hydrogens (primary N) is 1. The van der Waals surface area contributed by atoms with Crippen LogP contribution >= 0.6 is 0 Å². The van der Waals surface area contributed by atoms with Crippen molar-refractivity contribution in [2.24, 2.45) is 0 Å². The molecule has 0 aliphatic rings. The second-order valence-electron chi connectivity index (χ2n) is 7.37. The molecule has 0 amide bonds. The maximum atomic E-state index is 5.91. The number of likely N-dealkylation sites (N-methyl/N-ethyl adjacent to an activating group) is 1. The van der Waals surface area contributed by atoms with Crippen LogP contribution in [0.4, 0.5) is 5.69 Å². The van der Waals surface area contributed by atoms with Crippen molar-refractivity contribution >= 4 is 16.8 Å². The van der Waals surface area contributed by atoms with Crippen molar-refractivity contribution in [3.63, 3.8) is 0 Å². The largest absolute Gasteiger partial charge is 0.492 e. The van der Waals surface area contributed by atoms with Crippen LogP contribution < -0.4 is 10.5 Å². The molecule has 0 unspecified atom stereocenters. The van der Waals surface area contributed by atoms with Gasteiger partial charge in [0.1, 0.15) is 12.4 Å². The Hall–Kier alpha value is -3.04. The Morgan fingerprint density at radius 2 is 1.38 bits per heavy atom. The van der Waals surface area contributed by atoms with E-state index >= 15 is 0 Å². The van der Waals surface area contributed by atoms with Gasteiger partial charge in [0, 0.05) is 12.2 Å². The van der Waals surface area contributed by atoms with Gasteiger partial charge >= 0.3 is 0 Å². The van der Waals surface area contributed by atoms with Crippen molar-refractivity contribution in [3.05, 3.63) is 95.6 Å². The first-order chi connectivity index (χ1) is 14.1. The van der Waals surface area contributed by atoms with Crippen molar-refractivity contribution in [3.8, 4) is 5.75 Å². The van der Waals surface area contributed by atoms with E-state index in [4.69, 9.17) is 10.5 Å². The minimum atomic E-state index is 0.680. The highest BCUT2D eigenvalue weighted by molar-refractivity contribution is 5.98. The number of ether oxygens (including phenoxy) is 1. The van der Waals surface area contributed by atoms with Gasteiger partial charge in [0.05, 0.1) is 0 Å². The Morgan fingerprint density at radius 1 is 0.793 bits per heavy atom. The SMILES string of the molecule is CC/C(=C(/c1ccccc1)c1ccc(OCCN(C)C)cc1)c1ccc(N)cc1. The molecule has 0 saturated heterocycles. The second kappa shape index (κ2) is 9.94. The Kier molecular flexibility index (Phi) is 7.09. The van der Waals surface area contributed by atoms with Crippen molar-refractivity contribution in [1.82, 2.24) is 4.90 Å². The molecule has 3 heteroatoms. The zero-order chi connectivity index (χ0) is 20.6. The van der Waals surface area contributed by atoms with Gasteiger partial charge in [-0.25, -0.2) is 0 Å². The van der Waals surface area contributed by atoms with Gasteiger partial charge in [-0.15, -0.1) is 0 Å². The maximum absolute atomic E-state index is 5.91. The molecule has 3 aromatic carbocycles. The number of nitrogens with zero attached hydrogens (tertiary/aromatic N) is 1. The molecule has 0 aliphatic heterocycles. The summed E-state index contributed by atoms with van der Waals surface area (Å²) < 4.78 is 5.87. The molecule has 0 heterocycles. The normalized spacial score (nSPS) is 12.0. The van der Waals surface area contributed by atoms with Gasteiger partial charge in [-0.05, 0) is 72.6 Å². The predicted octanol–water partition coefficient (Wildman–Crippen LogP) is 5.58. The van der Waals surface area contributed by atoms with E-state index in [1.54, 1.807) is 0 Å². The molecule has 3 aromatic rings. The third-order valence-electron chi connectivity index (χ3n) is 4.93. The van der Waals surface area contributed by atoms with Crippen molar-refractivity contribution < 1.29 is 4.74 Å². The Balaban J connectivity index is 2.01. The average Bonchev–Trinajstić information content (AvgIpc) is 2.74. The van der Waals surface area contributed by atoms with Gasteiger partial charge in [0.2, 0.25) is 0 Å². The number of hydrogen-bond acceptors (Lipinski definition) is 3. The van der Waals surface area contributed by atoms with Crippen LogP contribution in [0.2, 0.25) is 0 Å². The minimum absolute atomic E-state index is 0.680. The van der Waals surface area contributed by atoms with Crippen LogP contribution in [-0.4, -0.2) is 32.1 Å². The molecule has 0 aromatic heterocycles. The highest BCUT2D eigenvalue weighted by Crippen LogP contribution is 2.35. The highest BCUT2D eigenvalue weighted by Gasteiger charge is 2.13. The minimum Gasteiger partial charge on any atom is -0.492 e. The van der Waals surface area contributed by atoms with Gasteiger partial charge in [0.15, 0.2) is 0 Å². The lowest BCUT2D eigenvalue weighted by Gasteiger charge is -2.17. The fourth-order valence-corrected chi connectivity index (χ4v) is 3.39. The Labute approximate surface area is 174 Å². The molecule has 0 fully saturated rings. The van der Waals surface area contributed by atoms with Crippen LogP contribution in [0.1, 0.15) is 30.0 Å². The number of benzene rings is 3. The third-order valence-corrected chi connectivity index (χ3v) is 4.93. The monoisotopic (exact) mass is 386 g/mol. The fourth-order valence-electron chi connectivity index (χ4n) is 3.39. The summed E-state index contributed by atoms with van der Waals surface area (Å²) >= 11 is 0. The molecule has 0 radical (unpaired) electrons. The van der Waals surface area contributed by atoms with Gasteiger partial charge in [-0.3, -0.25) is 0 Å². The summed E-state index contributed by atoms with van der Waals surface area (Å²) in [6.45, 7) is 3.78. The molecule has 0 saturated carbocycles. The number of nitrogen functional groups attached to an aromatic ring is 1. The summed E-state index contributed by atoms with van der Waals surface area (Å²) in [5.74, 6) is 0.897. The van der Waals surface area contributed by atoms with E-state index in [2.05, 4.69) is 78.6 Å². The first kappa shape index (κ1) is 20.7. The van der Waals surface area contributed by atoms with E-state index in [1.807, 2.05) is 26.2 Å². The molecule has 0 atom stereocenters. The average molecular weight is 387 g/mol. The molecule has 3 nitrogen and oxygen atoms in total. The zero-order valence-electron chi connectivity index (χ0n) is 17.6. The smallest absolute Gasteiger partial charge is 0.119 e. The Morgan fingerprint density at radius 3 is 1.97 bits per heavy atom. The van der Waals surface area contributed by atoms with Crippen LogP contribution in [0.5, 0.6) is 5.75 Å². The van der Waals surface area contributed by atoms with Crippen molar-refractivity contribution in [1.29, 1.82) is 0 Å². The molecule has 2 N–H and O–H groups in total. The number of anilines is 1. The van der Waals surface area contributed by atoms with Gasteiger partial charge < -0.3 is 15.4 Å². The van der Waals surface area contributed by atoms with E-state index in [0.29, 0.717) is 6.61 Å². The Bertz CT molecular complexity index is 927. The maximum Gasteiger partial charge on any atom is 0.119 e. The first-order valence-electron chi connectivity index (χ1n) is 10.1. The molecule has 29 heavy (non-hydrogen) atoms. The van der Waals surface area contributed by atoms with E-state index in [9.17, 15) is 0 Å². The van der Waals surface area contributed by atoms with Crippen LogP contribution in [-0.2, 0) is 0 Å². The van der Waals surface area contributed by atoms with Gasteiger partial charge in [-0.2, -0.15) is 0 Å². The molecular weight excluding hydrogens is 356 g/mol. The topological polar surface area (TPSA) is 38.5 Å². The third kappa shape index (κ3) is 5.49. The van der Waals surface area contributed by atoms with Gasteiger partial charge in [0.25, 0.3) is 0 Å². The van der Waals surface area contributed by atoms with Crippen LogP contribution in [0.25, 0.3) is 11.1 Å². The lowest BCUT2D eigenvalue weighted by atomic mass is 9.88. The second-order valence-corrected chi connectivity index (χ2v) is 7.37. The quantitative estimate of drug-likeness (QED) is 0.406. The lowest BCUT2D eigenvalue weighted by Crippen LogP contribution is -2.19. The van der Waals surface area contributed by atoms with Crippen LogP contribution in [0, 0.1) is 0 Å². The number of rotatable bonds is 8. The lowest BCUT2D eigenvalue weighted by molar-refractivity contribution is 0.261. The summed E-state index contributed by atoms with van der Waals surface area (Å²) in [6.07, 6.45) is 0.926. The number of hydrogen-bond donors (Lipinski definition) is 1. The van der Waals surface area contributed by atoms with Crippen LogP contribution in [0.15, 0.2) is 78.9 Å². The van der Waals surface area contributed by atoms with E-state index < -0.39 is 0 Å². The predicted molar refractivity (Wildman–Crippen MR) is 124 cm³/mol. The van der Waals surface area contributed by atoms with E-state index in [1.165, 1.54) is 27.8 Å². The van der Waals surface area contributed by atoms with Crippen molar-refractivity contribution in [2.45, 2.75) is 13.3 Å².